The van der Waals surface area contributed by atoms with Crippen LogP contribution < -0.4 is 20.7 Å². The van der Waals surface area contributed by atoms with E-state index in [9.17, 15) is 9.18 Å². The van der Waals surface area contributed by atoms with E-state index in [1.165, 1.54) is 6.07 Å². The number of benzene rings is 1. The summed E-state index contributed by atoms with van der Waals surface area (Å²) in [4.78, 5) is 25.7. The van der Waals surface area contributed by atoms with Crippen LogP contribution in [-0.2, 0) is 18.4 Å². The van der Waals surface area contributed by atoms with Crippen molar-refractivity contribution in [3.63, 3.8) is 0 Å². The summed E-state index contributed by atoms with van der Waals surface area (Å²) in [5, 5.41) is 2.91. The topological polar surface area (TPSA) is 96.6 Å². The minimum atomic E-state index is -0.361. The van der Waals surface area contributed by atoms with Gasteiger partial charge in [0.15, 0.2) is 11.6 Å². The van der Waals surface area contributed by atoms with Crippen molar-refractivity contribution in [2.24, 2.45) is 0 Å². The summed E-state index contributed by atoms with van der Waals surface area (Å²) < 4.78 is 20.3. The highest BCUT2D eigenvalue weighted by Gasteiger charge is 2.25. The van der Waals surface area contributed by atoms with Gasteiger partial charge in [0.05, 0.1) is 5.69 Å². The first-order chi connectivity index (χ1) is 17.7. The second-order valence-electron chi connectivity index (χ2n) is 10.2. The number of carbonyl (C=O) groups excluding carboxylic acids is 1. The van der Waals surface area contributed by atoms with Gasteiger partial charge in [-0.15, -0.1) is 0 Å². The Morgan fingerprint density at radius 1 is 1.14 bits per heavy atom. The van der Waals surface area contributed by atoms with Crippen LogP contribution in [0.15, 0.2) is 48.7 Å². The molecule has 196 valence electrons. The van der Waals surface area contributed by atoms with Crippen LogP contribution in [0.2, 0.25) is 0 Å². The van der Waals surface area contributed by atoms with Crippen LogP contribution in [-0.4, -0.2) is 47.1 Å². The Bertz CT molecular complexity index is 1250. The zero-order chi connectivity index (χ0) is 26.6. The maximum Gasteiger partial charge on any atom is 0.321 e. The summed E-state index contributed by atoms with van der Waals surface area (Å²) in [6.07, 6.45) is 2.56. The number of urea groups is 1. The van der Waals surface area contributed by atoms with Crippen molar-refractivity contribution in [2.45, 2.75) is 46.1 Å². The minimum Gasteiger partial charge on any atom is -0.483 e. The van der Waals surface area contributed by atoms with Gasteiger partial charge in [-0.25, -0.2) is 19.2 Å². The number of aromatic nitrogens is 2. The first kappa shape index (κ1) is 26.2. The molecule has 0 bridgehead atoms. The molecule has 8 nitrogen and oxygen atoms in total. The van der Waals surface area contributed by atoms with Crippen LogP contribution in [0.4, 0.5) is 26.5 Å². The molecule has 3 heterocycles. The standard InChI is InChI=1S/C28H35FN6O2/c1-5-19-8-9-21(32-25(19)30)18-37-24-7-6-12-31-26(24)34-13-15-35(16-14-34)27(36)33-20-10-11-23(29)22(17-20)28(2,3)4/h6-12,17H,5,13-16,18H2,1-4H3,(H2,30,32)(H,33,36). The number of carbonyl (C=O) groups is 1. The van der Waals surface area contributed by atoms with E-state index in [1.807, 2.05) is 52.0 Å². The molecule has 0 saturated carbocycles. The van der Waals surface area contributed by atoms with Crippen molar-refractivity contribution >= 4 is 23.4 Å². The second-order valence-corrected chi connectivity index (χ2v) is 10.2. The van der Waals surface area contributed by atoms with E-state index in [0.717, 1.165) is 23.5 Å². The lowest BCUT2D eigenvalue weighted by atomic mass is 9.86. The van der Waals surface area contributed by atoms with E-state index in [0.29, 0.717) is 49.0 Å². The predicted molar refractivity (Wildman–Crippen MR) is 145 cm³/mol. The fraction of sp³-hybridized carbons (Fsp3) is 0.393. The number of anilines is 3. The molecule has 0 radical (unpaired) electrons. The number of aryl methyl sites for hydroxylation is 1. The Morgan fingerprint density at radius 3 is 2.57 bits per heavy atom. The van der Waals surface area contributed by atoms with E-state index >= 15 is 0 Å². The third-order valence-corrected chi connectivity index (χ3v) is 6.47. The molecule has 1 fully saturated rings. The molecule has 37 heavy (non-hydrogen) atoms. The molecule has 1 aliphatic heterocycles. The van der Waals surface area contributed by atoms with E-state index in [1.54, 1.807) is 23.2 Å². The van der Waals surface area contributed by atoms with Gasteiger partial charge in [-0.3, -0.25) is 0 Å². The quantitative estimate of drug-likeness (QED) is 0.489. The first-order valence-corrected chi connectivity index (χ1v) is 12.6. The monoisotopic (exact) mass is 506 g/mol. The molecule has 3 N–H and O–H groups in total. The lowest BCUT2D eigenvalue weighted by Crippen LogP contribution is -2.50. The van der Waals surface area contributed by atoms with Crippen molar-refractivity contribution in [1.82, 2.24) is 14.9 Å². The van der Waals surface area contributed by atoms with Gasteiger partial charge < -0.3 is 25.6 Å². The highest BCUT2D eigenvalue weighted by Crippen LogP contribution is 2.29. The molecular weight excluding hydrogens is 471 g/mol. The van der Waals surface area contributed by atoms with Crippen LogP contribution in [0.25, 0.3) is 0 Å². The fourth-order valence-electron chi connectivity index (χ4n) is 4.31. The number of hydrogen-bond donors (Lipinski definition) is 2. The Kier molecular flexibility index (Phi) is 7.80. The third-order valence-electron chi connectivity index (χ3n) is 6.47. The second kappa shape index (κ2) is 11.0. The minimum absolute atomic E-state index is 0.206. The molecule has 0 unspecified atom stereocenters. The largest absolute Gasteiger partial charge is 0.483 e. The van der Waals surface area contributed by atoms with Gasteiger partial charge >= 0.3 is 6.03 Å². The Hall–Kier alpha value is -3.88. The zero-order valence-corrected chi connectivity index (χ0v) is 21.9. The van der Waals surface area contributed by atoms with Gasteiger partial charge in [-0.05, 0) is 59.4 Å². The van der Waals surface area contributed by atoms with Gasteiger partial charge in [0.1, 0.15) is 18.2 Å². The SMILES string of the molecule is CCc1ccc(COc2cccnc2N2CCN(C(=O)Nc3ccc(F)c(C(C)(C)C)c3)CC2)nc1N. The molecular formula is C28H35FN6O2. The summed E-state index contributed by atoms with van der Waals surface area (Å²) in [6, 6.07) is 12.1. The summed E-state index contributed by atoms with van der Waals surface area (Å²) in [5.74, 6) is 1.64. The van der Waals surface area contributed by atoms with Crippen molar-refractivity contribution in [2.75, 3.05) is 42.1 Å². The van der Waals surface area contributed by atoms with E-state index < -0.39 is 0 Å². The van der Waals surface area contributed by atoms with E-state index in [4.69, 9.17) is 10.5 Å². The van der Waals surface area contributed by atoms with Crippen LogP contribution in [0.3, 0.4) is 0 Å². The predicted octanol–water partition coefficient (Wildman–Crippen LogP) is 4.99. The molecule has 2 aromatic heterocycles. The van der Waals surface area contributed by atoms with Gasteiger partial charge in [-0.1, -0.05) is 33.8 Å². The lowest BCUT2D eigenvalue weighted by molar-refractivity contribution is 0.207. The number of amides is 2. The summed E-state index contributed by atoms with van der Waals surface area (Å²) >= 11 is 0. The Labute approximate surface area is 217 Å². The summed E-state index contributed by atoms with van der Waals surface area (Å²) in [6.45, 7) is 10.4. The number of nitrogens with zero attached hydrogens (tertiary/aromatic N) is 4. The summed E-state index contributed by atoms with van der Waals surface area (Å²) in [5.41, 5.74) is 8.58. The first-order valence-electron chi connectivity index (χ1n) is 12.6. The number of nitrogens with two attached hydrogens (primary N) is 1. The maximum atomic E-state index is 14.2. The van der Waals surface area contributed by atoms with Crippen LogP contribution in [0.1, 0.15) is 44.5 Å². The molecule has 1 aromatic carbocycles. The smallest absolute Gasteiger partial charge is 0.321 e. The average Bonchev–Trinajstić information content (AvgIpc) is 2.88. The van der Waals surface area contributed by atoms with Crippen LogP contribution in [0, 0.1) is 5.82 Å². The maximum absolute atomic E-state index is 14.2. The van der Waals surface area contributed by atoms with Crippen molar-refractivity contribution in [3.8, 4) is 5.75 Å². The van der Waals surface area contributed by atoms with Crippen molar-refractivity contribution in [3.05, 3.63) is 71.3 Å². The average molecular weight is 507 g/mol. The molecule has 3 aromatic rings. The van der Waals surface area contributed by atoms with Crippen LogP contribution >= 0.6 is 0 Å². The zero-order valence-electron chi connectivity index (χ0n) is 21.9. The molecule has 2 amide bonds. The van der Waals surface area contributed by atoms with Gasteiger partial charge in [0.2, 0.25) is 0 Å². The van der Waals surface area contributed by atoms with Crippen molar-refractivity contribution < 1.29 is 13.9 Å². The van der Waals surface area contributed by atoms with E-state index in [2.05, 4.69) is 20.2 Å². The van der Waals surface area contributed by atoms with Crippen molar-refractivity contribution in [1.29, 1.82) is 0 Å². The Morgan fingerprint density at radius 2 is 1.89 bits per heavy atom. The molecule has 0 spiro atoms. The number of piperazine rings is 1. The number of halogens is 1. The molecule has 1 saturated heterocycles. The van der Waals surface area contributed by atoms with Gasteiger partial charge in [-0.2, -0.15) is 0 Å². The number of hydrogen-bond acceptors (Lipinski definition) is 6. The third kappa shape index (κ3) is 6.28. The van der Waals surface area contributed by atoms with Gasteiger partial charge in [0, 0.05) is 38.1 Å². The number of rotatable bonds is 6. The number of nitrogens with one attached hydrogen (secondary N) is 1. The highest BCUT2D eigenvalue weighted by atomic mass is 19.1. The molecule has 1 aliphatic rings. The normalized spacial score (nSPS) is 14.0. The number of ether oxygens (including phenoxy) is 1. The van der Waals surface area contributed by atoms with Gasteiger partial charge in [0.25, 0.3) is 0 Å². The van der Waals surface area contributed by atoms with E-state index in [-0.39, 0.29) is 23.9 Å². The lowest BCUT2D eigenvalue weighted by Gasteiger charge is -2.36. The summed E-state index contributed by atoms with van der Waals surface area (Å²) in [7, 11) is 0. The number of pyridine rings is 2. The molecule has 0 aliphatic carbocycles. The number of nitrogen functional groups attached to an aromatic ring is 1. The molecule has 4 rings (SSSR count). The van der Waals surface area contributed by atoms with Crippen LogP contribution in [0.5, 0.6) is 5.75 Å². The molecule has 0 atom stereocenters. The fourth-order valence-corrected chi connectivity index (χ4v) is 4.31. The Balaban J connectivity index is 1.36. The highest BCUT2D eigenvalue weighted by molar-refractivity contribution is 5.89. The molecule has 9 heteroatoms.